The van der Waals surface area contributed by atoms with Crippen molar-refractivity contribution in [2.75, 3.05) is 33.5 Å². The van der Waals surface area contributed by atoms with Gasteiger partial charge in [-0.15, -0.1) is 0 Å². The molecule has 0 fully saturated rings. The fraction of sp³-hybridized carbons (Fsp3) is 1.00. The van der Waals surface area contributed by atoms with E-state index in [-0.39, 0.29) is 6.61 Å². The first-order valence-corrected chi connectivity index (χ1v) is 3.98. The molecule has 3 heteroatoms. The third-order valence-corrected chi connectivity index (χ3v) is 1.50. The van der Waals surface area contributed by atoms with Gasteiger partial charge in [0.2, 0.25) is 0 Å². The van der Waals surface area contributed by atoms with Gasteiger partial charge in [0.1, 0.15) is 0 Å². The number of aliphatic hydroxyl groups excluding tert-OH is 1. The van der Waals surface area contributed by atoms with Crippen molar-refractivity contribution >= 4 is 0 Å². The van der Waals surface area contributed by atoms with Gasteiger partial charge in [0.15, 0.2) is 0 Å². The molecular weight excluding hydrogens is 144 g/mol. The Balaban J connectivity index is 2.89. The van der Waals surface area contributed by atoms with Crippen molar-refractivity contribution in [3.63, 3.8) is 0 Å². The number of rotatable bonds is 7. The van der Waals surface area contributed by atoms with E-state index in [0.717, 1.165) is 6.42 Å². The van der Waals surface area contributed by atoms with Crippen molar-refractivity contribution in [3.05, 3.63) is 0 Å². The van der Waals surface area contributed by atoms with Crippen LogP contribution >= 0.6 is 0 Å². The minimum Gasteiger partial charge on any atom is -0.396 e. The minimum atomic E-state index is 0.244. The second kappa shape index (κ2) is 7.98. The molecule has 0 saturated heterocycles. The first-order valence-electron chi connectivity index (χ1n) is 3.98. The van der Waals surface area contributed by atoms with E-state index in [1.54, 1.807) is 7.11 Å². The molecule has 0 spiro atoms. The molecule has 0 aromatic rings. The molecule has 0 aliphatic rings. The van der Waals surface area contributed by atoms with Crippen molar-refractivity contribution in [1.29, 1.82) is 0 Å². The topological polar surface area (TPSA) is 38.7 Å². The van der Waals surface area contributed by atoms with Gasteiger partial charge in [0.05, 0.1) is 13.2 Å². The predicted octanol–water partition coefficient (Wildman–Crippen LogP) is 0.668. The second-order valence-corrected chi connectivity index (χ2v) is 2.68. The van der Waals surface area contributed by atoms with Gasteiger partial charge in [0, 0.05) is 20.3 Å². The van der Waals surface area contributed by atoms with Gasteiger partial charge in [-0.25, -0.2) is 0 Å². The molecule has 0 amide bonds. The lowest BCUT2D eigenvalue weighted by molar-refractivity contribution is 0.0604. The first kappa shape index (κ1) is 10.9. The van der Waals surface area contributed by atoms with E-state index in [0.29, 0.717) is 25.7 Å². The maximum absolute atomic E-state index is 8.66. The van der Waals surface area contributed by atoms with E-state index in [1.165, 1.54) is 0 Å². The van der Waals surface area contributed by atoms with Crippen LogP contribution < -0.4 is 0 Å². The van der Waals surface area contributed by atoms with Crippen molar-refractivity contribution < 1.29 is 14.6 Å². The number of ether oxygens (including phenoxy) is 2. The number of hydrogen-bond acceptors (Lipinski definition) is 3. The second-order valence-electron chi connectivity index (χ2n) is 2.68. The molecule has 0 bridgehead atoms. The zero-order valence-electron chi connectivity index (χ0n) is 7.38. The molecule has 0 aliphatic heterocycles. The predicted molar refractivity (Wildman–Crippen MR) is 43.6 cm³/mol. The number of aliphatic hydroxyl groups is 1. The minimum absolute atomic E-state index is 0.244. The largest absolute Gasteiger partial charge is 0.396 e. The van der Waals surface area contributed by atoms with Crippen LogP contribution in [0.3, 0.4) is 0 Å². The van der Waals surface area contributed by atoms with Crippen LogP contribution in [0.2, 0.25) is 0 Å². The highest BCUT2D eigenvalue weighted by Gasteiger charge is 1.98. The van der Waals surface area contributed by atoms with Crippen molar-refractivity contribution in [3.8, 4) is 0 Å². The Morgan fingerprint density at radius 2 is 2.00 bits per heavy atom. The summed E-state index contributed by atoms with van der Waals surface area (Å²) < 4.78 is 10.0. The maximum atomic E-state index is 8.66. The monoisotopic (exact) mass is 162 g/mol. The molecule has 3 nitrogen and oxygen atoms in total. The Hall–Kier alpha value is -0.120. The van der Waals surface area contributed by atoms with Crippen LogP contribution in [0.1, 0.15) is 13.3 Å². The van der Waals surface area contributed by atoms with Crippen LogP contribution in [0.5, 0.6) is 0 Å². The fourth-order valence-corrected chi connectivity index (χ4v) is 0.620. The Morgan fingerprint density at radius 1 is 1.27 bits per heavy atom. The van der Waals surface area contributed by atoms with Crippen molar-refractivity contribution in [1.82, 2.24) is 0 Å². The summed E-state index contributed by atoms with van der Waals surface area (Å²) >= 11 is 0. The molecule has 11 heavy (non-hydrogen) atoms. The lowest BCUT2D eigenvalue weighted by atomic mass is 10.1. The SMILES string of the molecule is COCCOCCC(C)CO. The zero-order valence-corrected chi connectivity index (χ0v) is 7.38. The third-order valence-electron chi connectivity index (χ3n) is 1.50. The molecule has 0 aliphatic carbocycles. The summed E-state index contributed by atoms with van der Waals surface area (Å²) in [7, 11) is 1.65. The average molecular weight is 162 g/mol. The van der Waals surface area contributed by atoms with Gasteiger partial charge in [-0.1, -0.05) is 6.92 Å². The van der Waals surface area contributed by atoms with Gasteiger partial charge in [-0.2, -0.15) is 0 Å². The van der Waals surface area contributed by atoms with E-state index in [2.05, 4.69) is 0 Å². The highest BCUT2D eigenvalue weighted by Crippen LogP contribution is 1.99. The number of hydrogen-bond donors (Lipinski definition) is 1. The Kier molecular flexibility index (Phi) is 7.89. The van der Waals surface area contributed by atoms with E-state index >= 15 is 0 Å². The van der Waals surface area contributed by atoms with Crippen LogP contribution in [0, 0.1) is 5.92 Å². The van der Waals surface area contributed by atoms with Crippen LogP contribution in [-0.4, -0.2) is 38.6 Å². The summed E-state index contributed by atoms with van der Waals surface area (Å²) in [5.74, 6) is 0.345. The first-order chi connectivity index (χ1) is 5.31. The van der Waals surface area contributed by atoms with E-state index in [4.69, 9.17) is 14.6 Å². The Labute approximate surface area is 68.3 Å². The molecule has 0 aromatic carbocycles. The zero-order chi connectivity index (χ0) is 8.53. The van der Waals surface area contributed by atoms with Crippen LogP contribution in [0.15, 0.2) is 0 Å². The van der Waals surface area contributed by atoms with Crippen LogP contribution in [0.4, 0.5) is 0 Å². The van der Waals surface area contributed by atoms with Crippen molar-refractivity contribution in [2.24, 2.45) is 5.92 Å². The molecule has 0 aromatic heterocycles. The van der Waals surface area contributed by atoms with Crippen molar-refractivity contribution in [2.45, 2.75) is 13.3 Å². The summed E-state index contributed by atoms with van der Waals surface area (Å²) in [6, 6.07) is 0. The highest BCUT2D eigenvalue weighted by atomic mass is 16.5. The van der Waals surface area contributed by atoms with Gasteiger partial charge < -0.3 is 14.6 Å². The number of methoxy groups -OCH3 is 1. The molecule has 0 saturated carbocycles. The van der Waals surface area contributed by atoms with E-state index in [1.807, 2.05) is 6.92 Å². The van der Waals surface area contributed by atoms with E-state index < -0.39 is 0 Å². The Morgan fingerprint density at radius 3 is 2.55 bits per heavy atom. The standard InChI is InChI=1S/C8H18O3/c1-8(7-9)3-4-11-6-5-10-2/h8-9H,3-7H2,1-2H3. The molecule has 0 rings (SSSR count). The van der Waals surface area contributed by atoms with Gasteiger partial charge >= 0.3 is 0 Å². The average Bonchev–Trinajstić information content (AvgIpc) is 2.04. The quantitative estimate of drug-likeness (QED) is 0.559. The third kappa shape index (κ3) is 7.78. The fourth-order valence-electron chi connectivity index (χ4n) is 0.620. The van der Waals surface area contributed by atoms with E-state index in [9.17, 15) is 0 Å². The lowest BCUT2D eigenvalue weighted by Crippen LogP contribution is -2.08. The smallest absolute Gasteiger partial charge is 0.0700 e. The normalized spacial score (nSPS) is 13.4. The summed E-state index contributed by atoms with van der Waals surface area (Å²) in [6.45, 7) is 4.25. The maximum Gasteiger partial charge on any atom is 0.0700 e. The summed E-state index contributed by atoms with van der Waals surface area (Å²) in [5, 5.41) is 8.66. The molecule has 1 N–H and O–H groups in total. The van der Waals surface area contributed by atoms with Gasteiger partial charge in [-0.3, -0.25) is 0 Å². The molecule has 1 atom stereocenters. The van der Waals surface area contributed by atoms with Crippen LogP contribution in [-0.2, 0) is 9.47 Å². The molecule has 0 heterocycles. The lowest BCUT2D eigenvalue weighted by Gasteiger charge is -2.07. The summed E-state index contributed by atoms with van der Waals surface area (Å²) in [6.07, 6.45) is 0.917. The van der Waals surface area contributed by atoms with Crippen LogP contribution in [0.25, 0.3) is 0 Å². The molecule has 1 unspecified atom stereocenters. The Bertz CT molecular complexity index is 75.7. The molecular formula is C8H18O3. The van der Waals surface area contributed by atoms with Gasteiger partial charge in [0.25, 0.3) is 0 Å². The summed E-state index contributed by atoms with van der Waals surface area (Å²) in [5.41, 5.74) is 0. The molecule has 0 radical (unpaired) electrons. The summed E-state index contributed by atoms with van der Waals surface area (Å²) in [4.78, 5) is 0. The molecule has 68 valence electrons. The highest BCUT2D eigenvalue weighted by molar-refractivity contribution is 4.47. The van der Waals surface area contributed by atoms with Gasteiger partial charge in [-0.05, 0) is 12.3 Å².